The summed E-state index contributed by atoms with van der Waals surface area (Å²) < 4.78 is 0. The van der Waals surface area contributed by atoms with E-state index in [4.69, 9.17) is 5.11 Å². The van der Waals surface area contributed by atoms with Gasteiger partial charge in [0, 0.05) is 5.56 Å². The second-order valence-corrected chi connectivity index (χ2v) is 4.15. The summed E-state index contributed by atoms with van der Waals surface area (Å²) in [7, 11) is 0. The topological polar surface area (TPSA) is 67.3 Å². The number of rotatable bonds is 1. The molecule has 3 rings (SSSR count). The molecular weight excluding hydrogens is 230 g/mol. The third-order valence-corrected chi connectivity index (χ3v) is 3.02. The molecule has 4 nitrogen and oxygen atoms in total. The number of hydrogen-bond donors (Lipinski definition) is 1. The summed E-state index contributed by atoms with van der Waals surface area (Å²) in [6.45, 7) is 0. The van der Waals surface area contributed by atoms with Gasteiger partial charge in [-0.15, -0.1) is 0 Å². The fourth-order valence-corrected chi connectivity index (χ4v) is 2.15. The summed E-state index contributed by atoms with van der Waals surface area (Å²) in [6.07, 6.45) is 9.10. The van der Waals surface area contributed by atoms with Crippen molar-refractivity contribution in [3.63, 3.8) is 0 Å². The molecule has 0 saturated heterocycles. The highest BCUT2D eigenvalue weighted by Crippen LogP contribution is 2.31. The monoisotopic (exact) mass is 239 g/mol. The van der Waals surface area contributed by atoms with Crippen LogP contribution in [0.4, 0.5) is 0 Å². The van der Waals surface area contributed by atoms with Crippen molar-refractivity contribution in [1.29, 1.82) is 0 Å². The molecule has 2 aliphatic carbocycles. The number of pyridine rings is 1. The van der Waals surface area contributed by atoms with E-state index in [2.05, 4.69) is 4.98 Å². The van der Waals surface area contributed by atoms with Gasteiger partial charge in [0.15, 0.2) is 5.78 Å². The van der Waals surface area contributed by atoms with Crippen molar-refractivity contribution in [2.24, 2.45) is 5.92 Å². The van der Waals surface area contributed by atoms with Gasteiger partial charge < -0.3 is 5.11 Å². The number of Topliss-reactive ketones (excluding diaryl/α,β-unsaturated/α-hetero) is 1. The largest absolute Gasteiger partial charge is 0.477 e. The number of ketones is 1. The molecule has 2 bridgehead atoms. The van der Waals surface area contributed by atoms with Gasteiger partial charge in [-0.3, -0.25) is 4.79 Å². The third kappa shape index (κ3) is 1.50. The van der Waals surface area contributed by atoms with Gasteiger partial charge in [-0.2, -0.15) is 0 Å². The minimum absolute atomic E-state index is 0.0434. The molecule has 0 fully saturated rings. The molecule has 0 aliphatic heterocycles. The maximum absolute atomic E-state index is 12.2. The maximum Gasteiger partial charge on any atom is 0.354 e. The van der Waals surface area contributed by atoms with Gasteiger partial charge in [0.25, 0.3) is 0 Å². The zero-order valence-corrected chi connectivity index (χ0v) is 9.33. The van der Waals surface area contributed by atoms with Crippen LogP contribution >= 0.6 is 0 Å². The molecule has 88 valence electrons. The predicted molar refractivity (Wildman–Crippen MR) is 65.3 cm³/mol. The first kappa shape index (κ1) is 10.7. The summed E-state index contributed by atoms with van der Waals surface area (Å²) in [5.41, 5.74) is 1.68. The third-order valence-electron chi connectivity index (χ3n) is 3.02. The Labute approximate surface area is 103 Å². The van der Waals surface area contributed by atoms with E-state index in [1.807, 2.05) is 30.4 Å². The van der Waals surface area contributed by atoms with Crippen molar-refractivity contribution in [2.45, 2.75) is 0 Å². The standard InChI is InChI=1S/C14H9NO3/c16-13-9-4-2-1-3-8(7-9)12-10(13)5-6-11(15-12)14(17)18/h1-7,9H,(H,17,18). The number of carbonyl (C=O) groups excluding carboxylic acids is 1. The van der Waals surface area contributed by atoms with Crippen molar-refractivity contribution in [3.8, 4) is 0 Å². The highest BCUT2D eigenvalue weighted by molar-refractivity contribution is 6.08. The molecule has 1 unspecified atom stereocenters. The van der Waals surface area contributed by atoms with E-state index in [0.717, 1.165) is 5.57 Å². The molecule has 0 radical (unpaired) electrons. The molecule has 18 heavy (non-hydrogen) atoms. The van der Waals surface area contributed by atoms with Crippen LogP contribution in [0.3, 0.4) is 0 Å². The maximum atomic E-state index is 12.2. The molecule has 0 amide bonds. The molecule has 1 atom stereocenters. The van der Waals surface area contributed by atoms with Gasteiger partial charge in [0.05, 0.1) is 11.6 Å². The lowest BCUT2D eigenvalue weighted by Gasteiger charge is -2.18. The van der Waals surface area contributed by atoms with Crippen molar-refractivity contribution < 1.29 is 14.7 Å². The lowest BCUT2D eigenvalue weighted by molar-refractivity contribution is 0.0689. The summed E-state index contributed by atoms with van der Waals surface area (Å²) in [6, 6.07) is 2.91. The molecule has 0 aromatic carbocycles. The SMILES string of the molecule is O=C(O)c1ccc2c(n1)C1=CC(C=CC=C1)C2=O. The van der Waals surface area contributed by atoms with Crippen LogP contribution < -0.4 is 0 Å². The number of aromatic carboxylic acids is 1. The summed E-state index contributed by atoms with van der Waals surface area (Å²) in [5, 5.41) is 8.94. The van der Waals surface area contributed by atoms with Crippen LogP contribution in [0.5, 0.6) is 0 Å². The van der Waals surface area contributed by atoms with Gasteiger partial charge in [0.1, 0.15) is 5.69 Å². The lowest BCUT2D eigenvalue weighted by Crippen LogP contribution is -2.19. The molecule has 4 heteroatoms. The normalized spacial score (nSPS) is 20.1. The number of fused-ring (bicyclic) bond motifs is 3. The average Bonchev–Trinajstić information content (AvgIpc) is 2.59. The summed E-state index contributed by atoms with van der Waals surface area (Å²) in [5.74, 6) is -1.41. The number of carboxylic acid groups (broad SMARTS) is 1. The van der Waals surface area contributed by atoms with Crippen molar-refractivity contribution >= 4 is 17.3 Å². The molecule has 1 heterocycles. The van der Waals surface area contributed by atoms with Crippen LogP contribution in [-0.2, 0) is 0 Å². The van der Waals surface area contributed by atoms with E-state index in [1.165, 1.54) is 6.07 Å². The second kappa shape index (κ2) is 3.77. The Morgan fingerprint density at radius 2 is 2.11 bits per heavy atom. The van der Waals surface area contributed by atoms with Crippen LogP contribution in [0.25, 0.3) is 5.57 Å². The Hall–Kier alpha value is -2.49. The minimum Gasteiger partial charge on any atom is -0.477 e. The van der Waals surface area contributed by atoms with E-state index in [1.54, 1.807) is 6.07 Å². The van der Waals surface area contributed by atoms with Crippen LogP contribution in [0, 0.1) is 5.92 Å². The minimum atomic E-state index is -1.09. The Bertz CT molecular complexity index is 653. The fraction of sp³-hybridized carbons (Fsp3) is 0.0714. The molecule has 0 spiro atoms. The highest BCUT2D eigenvalue weighted by atomic mass is 16.4. The first-order valence-electron chi connectivity index (χ1n) is 5.52. The Morgan fingerprint density at radius 1 is 1.28 bits per heavy atom. The number of carboxylic acids is 1. The molecule has 2 aliphatic rings. The predicted octanol–water partition coefficient (Wildman–Crippen LogP) is 2.10. The van der Waals surface area contributed by atoms with Crippen molar-refractivity contribution in [3.05, 3.63) is 59.5 Å². The first-order chi connectivity index (χ1) is 8.66. The zero-order chi connectivity index (χ0) is 12.7. The van der Waals surface area contributed by atoms with Crippen LogP contribution in [-0.4, -0.2) is 21.8 Å². The van der Waals surface area contributed by atoms with E-state index in [0.29, 0.717) is 11.3 Å². The highest BCUT2D eigenvalue weighted by Gasteiger charge is 2.27. The Kier molecular flexibility index (Phi) is 2.23. The quantitative estimate of drug-likeness (QED) is 0.814. The van der Waals surface area contributed by atoms with E-state index in [-0.39, 0.29) is 17.4 Å². The van der Waals surface area contributed by atoms with Gasteiger partial charge in [-0.05, 0) is 17.7 Å². The van der Waals surface area contributed by atoms with Crippen LogP contribution in [0.1, 0.15) is 26.5 Å². The average molecular weight is 239 g/mol. The van der Waals surface area contributed by atoms with Gasteiger partial charge in [-0.1, -0.05) is 30.4 Å². The van der Waals surface area contributed by atoms with E-state index in [9.17, 15) is 9.59 Å². The smallest absolute Gasteiger partial charge is 0.354 e. The number of nitrogens with zero attached hydrogens (tertiary/aromatic N) is 1. The van der Waals surface area contributed by atoms with E-state index >= 15 is 0 Å². The first-order valence-corrected chi connectivity index (χ1v) is 5.52. The van der Waals surface area contributed by atoms with Crippen molar-refractivity contribution in [1.82, 2.24) is 4.98 Å². The van der Waals surface area contributed by atoms with Crippen LogP contribution in [0.2, 0.25) is 0 Å². The molecule has 0 saturated carbocycles. The van der Waals surface area contributed by atoms with Gasteiger partial charge in [0.2, 0.25) is 0 Å². The van der Waals surface area contributed by atoms with Gasteiger partial charge in [-0.25, -0.2) is 9.78 Å². The zero-order valence-electron chi connectivity index (χ0n) is 9.33. The summed E-state index contributed by atoms with van der Waals surface area (Å²) >= 11 is 0. The lowest BCUT2D eigenvalue weighted by atomic mass is 9.87. The van der Waals surface area contributed by atoms with Crippen molar-refractivity contribution in [2.75, 3.05) is 0 Å². The van der Waals surface area contributed by atoms with Crippen LogP contribution in [0.15, 0.2) is 42.5 Å². The molecule has 1 aromatic heterocycles. The molecular formula is C14H9NO3. The number of carbonyl (C=O) groups is 2. The second-order valence-electron chi connectivity index (χ2n) is 4.15. The Balaban J connectivity index is 2.23. The number of aromatic nitrogens is 1. The molecule has 1 N–H and O–H groups in total. The van der Waals surface area contributed by atoms with Gasteiger partial charge >= 0.3 is 5.97 Å². The molecule has 1 aromatic rings. The summed E-state index contributed by atoms with van der Waals surface area (Å²) in [4.78, 5) is 27.1. The fourth-order valence-electron chi connectivity index (χ4n) is 2.15. The number of allylic oxidation sites excluding steroid dienone is 6. The Morgan fingerprint density at radius 3 is 2.89 bits per heavy atom. The van der Waals surface area contributed by atoms with E-state index < -0.39 is 5.97 Å². The number of hydrogen-bond acceptors (Lipinski definition) is 3.